The molecule has 0 radical (unpaired) electrons. The molecule has 1 saturated carbocycles. The fraction of sp³-hybridized carbons (Fsp3) is 0.448. The zero-order valence-corrected chi connectivity index (χ0v) is 22.1. The summed E-state index contributed by atoms with van der Waals surface area (Å²) in [5.41, 5.74) is 0.941. The van der Waals surface area contributed by atoms with Gasteiger partial charge in [0.2, 0.25) is 0 Å². The van der Waals surface area contributed by atoms with Crippen molar-refractivity contribution in [1.29, 1.82) is 0 Å². The van der Waals surface area contributed by atoms with Gasteiger partial charge in [0.15, 0.2) is 5.79 Å². The standard InChI is InChI=1S/C29H36N2O3Si/c1-28(2,3)35(25-10-6-4-7-11-25,26-12-8-5-9-13-26)34-22-24-16-19-30-27(31-24)23-14-17-29(18-15-23)32-20-21-33-29/h4-13,16,19,23H,14-15,17-18,20-22H2,1-3H3. The SMILES string of the molecule is CC(C)(C)[Si](OCc1ccnc(C2CCC3(CC2)OCCO3)n1)(c1ccccc1)c1ccccc1. The summed E-state index contributed by atoms with van der Waals surface area (Å²) in [7, 11) is -2.60. The van der Waals surface area contributed by atoms with Crippen LogP contribution in [-0.2, 0) is 20.5 Å². The molecule has 2 fully saturated rings. The van der Waals surface area contributed by atoms with Gasteiger partial charge >= 0.3 is 0 Å². The molecule has 1 aromatic heterocycles. The summed E-state index contributed by atoms with van der Waals surface area (Å²) in [6.07, 6.45) is 5.67. The maximum absolute atomic E-state index is 7.08. The van der Waals surface area contributed by atoms with E-state index in [0.29, 0.717) is 25.7 Å². The highest BCUT2D eigenvalue weighted by molar-refractivity contribution is 6.99. The van der Waals surface area contributed by atoms with Crippen LogP contribution in [0.3, 0.4) is 0 Å². The zero-order valence-electron chi connectivity index (χ0n) is 21.1. The van der Waals surface area contributed by atoms with Crippen LogP contribution in [0.15, 0.2) is 72.9 Å². The summed E-state index contributed by atoms with van der Waals surface area (Å²) in [4.78, 5) is 9.64. The Labute approximate surface area is 210 Å². The summed E-state index contributed by atoms with van der Waals surface area (Å²) in [6.45, 7) is 8.78. The largest absolute Gasteiger partial charge is 0.401 e. The lowest BCUT2D eigenvalue weighted by atomic mass is 9.84. The number of nitrogens with zero attached hydrogens (tertiary/aromatic N) is 2. The Hall–Kier alpha value is -2.38. The molecule has 0 N–H and O–H groups in total. The first-order valence-electron chi connectivity index (χ1n) is 12.8. The number of hydrogen-bond donors (Lipinski definition) is 0. The quantitative estimate of drug-likeness (QED) is 0.460. The van der Waals surface area contributed by atoms with E-state index in [1.165, 1.54) is 10.4 Å². The minimum absolute atomic E-state index is 0.0649. The van der Waals surface area contributed by atoms with Crippen molar-refractivity contribution in [3.63, 3.8) is 0 Å². The third-order valence-corrected chi connectivity index (χ3v) is 12.5. The first-order valence-corrected chi connectivity index (χ1v) is 14.7. The fourth-order valence-corrected chi connectivity index (χ4v) is 10.3. The Morgan fingerprint density at radius 2 is 1.46 bits per heavy atom. The molecule has 5 nitrogen and oxygen atoms in total. The molecule has 35 heavy (non-hydrogen) atoms. The molecule has 5 rings (SSSR count). The van der Waals surface area contributed by atoms with Crippen molar-refractivity contribution in [2.45, 2.75) is 69.8 Å². The van der Waals surface area contributed by atoms with E-state index in [9.17, 15) is 0 Å². The Bertz CT molecular complexity index is 1060. The summed E-state index contributed by atoms with van der Waals surface area (Å²) in [6, 6.07) is 23.5. The Kier molecular flexibility index (Phi) is 6.90. The summed E-state index contributed by atoms with van der Waals surface area (Å²) >= 11 is 0. The van der Waals surface area contributed by atoms with E-state index in [1.807, 2.05) is 12.3 Å². The first-order chi connectivity index (χ1) is 16.9. The molecule has 6 heteroatoms. The van der Waals surface area contributed by atoms with E-state index in [-0.39, 0.29) is 10.8 Å². The molecule has 0 amide bonds. The van der Waals surface area contributed by atoms with Crippen LogP contribution >= 0.6 is 0 Å². The lowest BCUT2D eigenvalue weighted by Gasteiger charge is -2.43. The molecule has 0 atom stereocenters. The molecule has 0 bridgehead atoms. The van der Waals surface area contributed by atoms with Crippen LogP contribution in [-0.4, -0.2) is 37.3 Å². The number of hydrogen-bond acceptors (Lipinski definition) is 5. The normalized spacial score (nSPS) is 18.7. The van der Waals surface area contributed by atoms with Gasteiger partial charge in [-0.2, -0.15) is 0 Å². The predicted octanol–water partition coefficient (Wildman–Crippen LogP) is 4.95. The van der Waals surface area contributed by atoms with Gasteiger partial charge in [-0.3, -0.25) is 0 Å². The van der Waals surface area contributed by atoms with Crippen molar-refractivity contribution in [3.8, 4) is 0 Å². The van der Waals surface area contributed by atoms with Crippen LogP contribution in [0.2, 0.25) is 5.04 Å². The number of ether oxygens (including phenoxy) is 2. The molecule has 2 aromatic carbocycles. The second-order valence-electron chi connectivity index (χ2n) is 10.7. The van der Waals surface area contributed by atoms with Gasteiger partial charge in [-0.25, -0.2) is 9.97 Å². The average molecular weight is 489 g/mol. The van der Waals surface area contributed by atoms with Gasteiger partial charge in [-0.05, 0) is 34.3 Å². The fourth-order valence-electron chi connectivity index (χ4n) is 5.74. The number of rotatable bonds is 6. The molecule has 2 aliphatic rings. The average Bonchev–Trinajstić information content (AvgIpc) is 3.33. The molecule has 1 aliphatic carbocycles. The second-order valence-corrected chi connectivity index (χ2v) is 15.0. The van der Waals surface area contributed by atoms with Crippen molar-refractivity contribution >= 4 is 18.7 Å². The lowest BCUT2D eigenvalue weighted by molar-refractivity contribution is -0.179. The Balaban J connectivity index is 1.40. The highest BCUT2D eigenvalue weighted by Gasteiger charge is 2.50. The van der Waals surface area contributed by atoms with Crippen LogP contribution in [0, 0.1) is 0 Å². The molecule has 2 heterocycles. The highest BCUT2D eigenvalue weighted by atomic mass is 28.4. The minimum atomic E-state index is -2.60. The molecule has 1 spiro atoms. The van der Waals surface area contributed by atoms with Crippen molar-refractivity contribution in [3.05, 3.63) is 84.4 Å². The van der Waals surface area contributed by atoms with Crippen molar-refractivity contribution in [2.75, 3.05) is 13.2 Å². The number of aromatic nitrogens is 2. The van der Waals surface area contributed by atoms with E-state index in [0.717, 1.165) is 37.2 Å². The van der Waals surface area contributed by atoms with Crippen molar-refractivity contribution in [1.82, 2.24) is 9.97 Å². The van der Waals surface area contributed by atoms with Gasteiger partial charge in [0.25, 0.3) is 8.32 Å². The van der Waals surface area contributed by atoms with Gasteiger partial charge in [-0.15, -0.1) is 0 Å². The smallest absolute Gasteiger partial charge is 0.261 e. The van der Waals surface area contributed by atoms with Crippen LogP contribution in [0.1, 0.15) is 63.9 Å². The molecular weight excluding hydrogens is 452 g/mol. The monoisotopic (exact) mass is 488 g/mol. The second kappa shape index (κ2) is 9.94. The summed E-state index contributed by atoms with van der Waals surface area (Å²) in [5.74, 6) is 0.892. The van der Waals surface area contributed by atoms with E-state index in [2.05, 4.69) is 86.4 Å². The molecule has 3 aromatic rings. The van der Waals surface area contributed by atoms with Gasteiger partial charge in [0.05, 0.1) is 25.5 Å². The molecule has 1 aliphatic heterocycles. The molecule has 1 saturated heterocycles. The maximum atomic E-state index is 7.08. The topological polar surface area (TPSA) is 53.5 Å². The van der Waals surface area contributed by atoms with E-state index in [1.54, 1.807) is 0 Å². The van der Waals surface area contributed by atoms with Crippen LogP contribution in [0.4, 0.5) is 0 Å². The third kappa shape index (κ3) is 4.85. The van der Waals surface area contributed by atoms with Crippen molar-refractivity contribution in [2.24, 2.45) is 0 Å². The van der Waals surface area contributed by atoms with Gasteiger partial charge < -0.3 is 13.9 Å². The van der Waals surface area contributed by atoms with Crippen LogP contribution in [0.5, 0.6) is 0 Å². The van der Waals surface area contributed by atoms with Gasteiger partial charge in [0.1, 0.15) is 5.82 Å². The van der Waals surface area contributed by atoms with E-state index in [4.69, 9.17) is 18.9 Å². The van der Waals surface area contributed by atoms with Gasteiger partial charge in [-0.1, -0.05) is 81.4 Å². The molecular formula is C29H36N2O3Si. The van der Waals surface area contributed by atoms with E-state index < -0.39 is 8.32 Å². The minimum Gasteiger partial charge on any atom is -0.401 e. The Morgan fingerprint density at radius 1 is 0.886 bits per heavy atom. The first kappa shape index (κ1) is 24.3. The maximum Gasteiger partial charge on any atom is 0.261 e. The van der Waals surface area contributed by atoms with E-state index >= 15 is 0 Å². The Morgan fingerprint density at radius 3 is 2.00 bits per heavy atom. The molecule has 184 valence electrons. The molecule has 0 unspecified atom stereocenters. The van der Waals surface area contributed by atoms with Crippen molar-refractivity contribution < 1.29 is 13.9 Å². The lowest BCUT2D eigenvalue weighted by Crippen LogP contribution is -2.66. The van der Waals surface area contributed by atoms with Crippen LogP contribution < -0.4 is 10.4 Å². The third-order valence-electron chi connectivity index (χ3n) is 7.51. The summed E-state index contributed by atoms with van der Waals surface area (Å²) in [5, 5.41) is 2.49. The van der Waals surface area contributed by atoms with Gasteiger partial charge in [0, 0.05) is 25.0 Å². The summed E-state index contributed by atoms with van der Waals surface area (Å²) < 4.78 is 18.9. The predicted molar refractivity (Wildman–Crippen MR) is 140 cm³/mol. The zero-order chi connectivity index (χ0) is 24.4. The van der Waals surface area contributed by atoms with Crippen LogP contribution in [0.25, 0.3) is 0 Å². The highest BCUT2D eigenvalue weighted by Crippen LogP contribution is 2.41. The number of benzene rings is 2.